The lowest BCUT2D eigenvalue weighted by Crippen LogP contribution is -2.34. The van der Waals surface area contributed by atoms with E-state index in [0.717, 1.165) is 11.5 Å². The van der Waals surface area contributed by atoms with Crippen LogP contribution < -0.4 is 10.1 Å². The molecule has 1 aromatic rings. The summed E-state index contributed by atoms with van der Waals surface area (Å²) in [4.78, 5) is 0. The van der Waals surface area contributed by atoms with Crippen LogP contribution in [-0.2, 0) is 0 Å². The smallest absolute Gasteiger partial charge is 0.124 e. The van der Waals surface area contributed by atoms with Crippen molar-refractivity contribution in [3.8, 4) is 11.5 Å². The normalized spacial score (nSPS) is 24.4. The number of methoxy groups -OCH3 is 1. The Hall–Kier alpha value is -1.22. The van der Waals surface area contributed by atoms with Gasteiger partial charge < -0.3 is 15.2 Å². The van der Waals surface area contributed by atoms with Gasteiger partial charge in [-0.05, 0) is 44.6 Å². The van der Waals surface area contributed by atoms with Crippen molar-refractivity contribution in [2.75, 3.05) is 7.11 Å². The van der Waals surface area contributed by atoms with E-state index in [1.54, 1.807) is 13.2 Å². The van der Waals surface area contributed by atoms with Crippen LogP contribution in [0.25, 0.3) is 0 Å². The van der Waals surface area contributed by atoms with E-state index in [4.69, 9.17) is 4.74 Å². The van der Waals surface area contributed by atoms with Crippen LogP contribution in [0.3, 0.4) is 0 Å². The fourth-order valence-electron chi connectivity index (χ4n) is 3.20. The third kappa shape index (κ3) is 3.66. The number of nitrogens with one attached hydrogen (secondary N) is 1. The van der Waals surface area contributed by atoms with E-state index in [9.17, 15) is 5.11 Å². The highest BCUT2D eigenvalue weighted by atomic mass is 16.5. The van der Waals surface area contributed by atoms with E-state index in [-0.39, 0.29) is 6.04 Å². The molecular weight excluding hydrogens is 250 g/mol. The monoisotopic (exact) mass is 277 g/mol. The van der Waals surface area contributed by atoms with E-state index >= 15 is 0 Å². The Kier molecular flexibility index (Phi) is 5.30. The van der Waals surface area contributed by atoms with E-state index in [0.29, 0.717) is 17.5 Å². The molecule has 3 nitrogen and oxygen atoms in total. The molecule has 3 heteroatoms. The summed E-state index contributed by atoms with van der Waals surface area (Å²) in [5.74, 6) is 1.92. The van der Waals surface area contributed by atoms with Gasteiger partial charge in [-0.25, -0.2) is 0 Å². The average Bonchev–Trinajstić information content (AvgIpc) is 2.47. The molecule has 0 heterocycles. The number of hydrogen-bond acceptors (Lipinski definition) is 3. The van der Waals surface area contributed by atoms with Gasteiger partial charge in [0.2, 0.25) is 0 Å². The van der Waals surface area contributed by atoms with Crippen molar-refractivity contribution in [3.05, 3.63) is 23.8 Å². The minimum absolute atomic E-state index is 0.170. The number of aromatic hydroxyl groups is 1. The van der Waals surface area contributed by atoms with E-state index in [1.165, 1.54) is 32.1 Å². The summed E-state index contributed by atoms with van der Waals surface area (Å²) in [7, 11) is 1.61. The first-order valence-electron chi connectivity index (χ1n) is 7.77. The number of benzene rings is 1. The van der Waals surface area contributed by atoms with Crippen molar-refractivity contribution in [2.45, 2.75) is 58.0 Å². The molecule has 1 unspecified atom stereocenters. The van der Waals surface area contributed by atoms with Crippen LogP contribution >= 0.6 is 0 Å². The van der Waals surface area contributed by atoms with Crippen LogP contribution in [0.15, 0.2) is 18.2 Å². The summed E-state index contributed by atoms with van der Waals surface area (Å²) in [5, 5.41) is 13.7. The van der Waals surface area contributed by atoms with Gasteiger partial charge in [0.15, 0.2) is 0 Å². The minimum Gasteiger partial charge on any atom is -0.507 e. The van der Waals surface area contributed by atoms with Crippen LogP contribution in [0.2, 0.25) is 0 Å². The standard InChI is InChI=1S/C17H27NO2/c1-4-13-5-7-14(8-6-13)18-12(2)16-10-9-15(20-3)11-17(16)19/h9-14,18-19H,4-8H2,1-3H3. The fourth-order valence-corrected chi connectivity index (χ4v) is 3.20. The summed E-state index contributed by atoms with van der Waals surface area (Å²) >= 11 is 0. The highest BCUT2D eigenvalue weighted by molar-refractivity contribution is 5.41. The molecular formula is C17H27NO2. The Morgan fingerprint density at radius 3 is 2.55 bits per heavy atom. The Bertz CT molecular complexity index is 425. The summed E-state index contributed by atoms with van der Waals surface area (Å²) in [6, 6.07) is 6.28. The lowest BCUT2D eigenvalue weighted by molar-refractivity contribution is 0.272. The van der Waals surface area contributed by atoms with Gasteiger partial charge in [0.1, 0.15) is 11.5 Å². The third-order valence-electron chi connectivity index (χ3n) is 4.61. The predicted octanol–water partition coefficient (Wildman–Crippen LogP) is 4.02. The van der Waals surface area contributed by atoms with Gasteiger partial charge >= 0.3 is 0 Å². The molecule has 112 valence electrons. The first-order valence-corrected chi connectivity index (χ1v) is 7.77. The maximum Gasteiger partial charge on any atom is 0.124 e. The second-order valence-corrected chi connectivity index (χ2v) is 5.94. The molecule has 0 aromatic heterocycles. The van der Waals surface area contributed by atoms with Gasteiger partial charge in [0.25, 0.3) is 0 Å². The number of phenolic OH excluding ortho intramolecular Hbond substituents is 1. The second-order valence-electron chi connectivity index (χ2n) is 5.94. The molecule has 1 aliphatic carbocycles. The SMILES string of the molecule is CCC1CCC(NC(C)c2ccc(OC)cc2O)CC1. The predicted molar refractivity (Wildman–Crippen MR) is 82.2 cm³/mol. The molecule has 1 atom stereocenters. The second kappa shape index (κ2) is 6.98. The summed E-state index contributed by atoms with van der Waals surface area (Å²) in [6.45, 7) is 4.41. The van der Waals surface area contributed by atoms with E-state index in [2.05, 4.69) is 19.2 Å². The molecule has 1 fully saturated rings. The molecule has 0 radical (unpaired) electrons. The molecule has 0 amide bonds. The lowest BCUT2D eigenvalue weighted by atomic mass is 9.84. The molecule has 0 saturated heterocycles. The van der Waals surface area contributed by atoms with Gasteiger partial charge in [0, 0.05) is 23.7 Å². The average molecular weight is 277 g/mol. The number of rotatable bonds is 5. The molecule has 0 aliphatic heterocycles. The van der Waals surface area contributed by atoms with Crippen LogP contribution in [0.5, 0.6) is 11.5 Å². The summed E-state index contributed by atoms with van der Waals surface area (Å²) < 4.78 is 5.12. The molecule has 0 bridgehead atoms. The number of hydrogen-bond donors (Lipinski definition) is 2. The van der Waals surface area contributed by atoms with Gasteiger partial charge in [-0.15, -0.1) is 0 Å². The van der Waals surface area contributed by atoms with Gasteiger partial charge in [0.05, 0.1) is 7.11 Å². The van der Waals surface area contributed by atoms with Crippen molar-refractivity contribution in [1.82, 2.24) is 5.32 Å². The topological polar surface area (TPSA) is 41.5 Å². The highest BCUT2D eigenvalue weighted by Gasteiger charge is 2.22. The maximum absolute atomic E-state index is 10.1. The quantitative estimate of drug-likeness (QED) is 0.854. The van der Waals surface area contributed by atoms with Crippen molar-refractivity contribution in [3.63, 3.8) is 0 Å². The first-order chi connectivity index (χ1) is 9.63. The van der Waals surface area contributed by atoms with Gasteiger partial charge in [-0.3, -0.25) is 0 Å². The Morgan fingerprint density at radius 1 is 1.30 bits per heavy atom. The maximum atomic E-state index is 10.1. The van der Waals surface area contributed by atoms with Gasteiger partial charge in [-0.2, -0.15) is 0 Å². The molecule has 1 aromatic carbocycles. The summed E-state index contributed by atoms with van der Waals surface area (Å²) in [6.07, 6.45) is 6.46. The molecule has 1 saturated carbocycles. The van der Waals surface area contributed by atoms with Crippen LogP contribution in [0.4, 0.5) is 0 Å². The van der Waals surface area contributed by atoms with Crippen LogP contribution in [-0.4, -0.2) is 18.3 Å². The molecule has 1 aliphatic rings. The van der Waals surface area contributed by atoms with E-state index in [1.807, 2.05) is 12.1 Å². The zero-order chi connectivity index (χ0) is 14.5. The first kappa shape index (κ1) is 15.2. The Labute approximate surface area is 122 Å². The Morgan fingerprint density at radius 2 is 2.00 bits per heavy atom. The number of phenols is 1. The van der Waals surface area contributed by atoms with Gasteiger partial charge in [-0.1, -0.05) is 19.4 Å². The van der Waals surface area contributed by atoms with Crippen molar-refractivity contribution < 1.29 is 9.84 Å². The van der Waals surface area contributed by atoms with E-state index < -0.39 is 0 Å². The summed E-state index contributed by atoms with van der Waals surface area (Å²) in [5.41, 5.74) is 0.948. The van der Waals surface area contributed by atoms with Crippen molar-refractivity contribution in [2.24, 2.45) is 5.92 Å². The molecule has 0 spiro atoms. The molecule has 2 rings (SSSR count). The zero-order valence-corrected chi connectivity index (χ0v) is 12.9. The zero-order valence-electron chi connectivity index (χ0n) is 12.9. The molecule has 20 heavy (non-hydrogen) atoms. The minimum atomic E-state index is 0.170. The molecule has 2 N–H and O–H groups in total. The van der Waals surface area contributed by atoms with Crippen LogP contribution in [0.1, 0.15) is 57.6 Å². The van der Waals surface area contributed by atoms with Crippen LogP contribution in [0, 0.1) is 5.92 Å². The highest BCUT2D eigenvalue weighted by Crippen LogP contribution is 2.31. The number of ether oxygens (including phenoxy) is 1. The van der Waals surface area contributed by atoms with Crippen molar-refractivity contribution in [1.29, 1.82) is 0 Å². The lowest BCUT2D eigenvalue weighted by Gasteiger charge is -2.31. The van der Waals surface area contributed by atoms with Crippen molar-refractivity contribution >= 4 is 0 Å². The fraction of sp³-hybridized carbons (Fsp3) is 0.647. The largest absolute Gasteiger partial charge is 0.507 e. The third-order valence-corrected chi connectivity index (χ3v) is 4.61. The Balaban J connectivity index is 1.93.